The number of aliphatic hydroxyl groups is 1. The number of nitro groups is 1. The number of nitrogens with one attached hydrogen (secondary N) is 1. The van der Waals surface area contributed by atoms with E-state index in [-0.39, 0.29) is 11.7 Å². The summed E-state index contributed by atoms with van der Waals surface area (Å²) in [5.74, 6) is 0. The lowest BCUT2D eigenvalue weighted by atomic mass is 10.0. The minimum atomic E-state index is -0.856. The van der Waals surface area contributed by atoms with Gasteiger partial charge in [0.1, 0.15) is 0 Å². The molecule has 6 nitrogen and oxygen atoms in total. The van der Waals surface area contributed by atoms with Gasteiger partial charge in [-0.15, -0.1) is 0 Å². The Balaban J connectivity index is 2.08. The summed E-state index contributed by atoms with van der Waals surface area (Å²) in [6.45, 7) is 1.93. The van der Waals surface area contributed by atoms with Gasteiger partial charge in [0.2, 0.25) is 0 Å². The Bertz CT molecular complexity index is 418. The molecular formula is C12H16N2O4. The van der Waals surface area contributed by atoms with Crippen molar-refractivity contribution in [1.82, 2.24) is 5.32 Å². The van der Waals surface area contributed by atoms with E-state index in [0.717, 1.165) is 6.54 Å². The Morgan fingerprint density at radius 3 is 3.00 bits per heavy atom. The van der Waals surface area contributed by atoms with E-state index >= 15 is 0 Å². The van der Waals surface area contributed by atoms with Crippen molar-refractivity contribution in [3.8, 4) is 0 Å². The average molecular weight is 252 g/mol. The van der Waals surface area contributed by atoms with Crippen LogP contribution in [0.3, 0.4) is 0 Å². The van der Waals surface area contributed by atoms with Crippen molar-refractivity contribution in [1.29, 1.82) is 0 Å². The van der Waals surface area contributed by atoms with E-state index in [4.69, 9.17) is 4.74 Å². The predicted octanol–water partition coefficient (Wildman–Crippen LogP) is 1.01. The molecule has 0 saturated carbocycles. The molecule has 6 heteroatoms. The Labute approximate surface area is 105 Å². The number of ether oxygens (including phenoxy) is 1. The molecule has 2 atom stereocenters. The minimum Gasteiger partial charge on any atom is -0.388 e. The molecule has 0 spiro atoms. The number of nitro benzene ring substituents is 1. The molecule has 1 fully saturated rings. The van der Waals surface area contributed by atoms with Gasteiger partial charge in [0.25, 0.3) is 5.69 Å². The molecule has 1 aliphatic rings. The fourth-order valence-electron chi connectivity index (χ4n) is 2.10. The van der Waals surface area contributed by atoms with Crippen LogP contribution in [-0.4, -0.2) is 35.8 Å². The highest BCUT2D eigenvalue weighted by Crippen LogP contribution is 2.27. The van der Waals surface area contributed by atoms with E-state index < -0.39 is 11.0 Å². The number of benzene rings is 1. The molecular weight excluding hydrogens is 236 g/mol. The summed E-state index contributed by atoms with van der Waals surface area (Å²) < 4.78 is 5.29. The molecule has 0 radical (unpaired) electrons. The van der Waals surface area contributed by atoms with Gasteiger partial charge in [-0.25, -0.2) is 0 Å². The Hall–Kier alpha value is -1.50. The molecule has 18 heavy (non-hydrogen) atoms. The van der Waals surface area contributed by atoms with Crippen molar-refractivity contribution in [2.24, 2.45) is 0 Å². The van der Waals surface area contributed by atoms with Crippen LogP contribution in [0.5, 0.6) is 0 Å². The maximum absolute atomic E-state index is 10.9. The standard InChI is InChI=1S/C12H16N2O4/c15-12(7-9-8-18-6-5-13-9)10-3-1-2-4-11(10)14(16)17/h1-4,9,12-13,15H,5-8H2. The van der Waals surface area contributed by atoms with Gasteiger partial charge < -0.3 is 15.2 Å². The zero-order chi connectivity index (χ0) is 13.0. The van der Waals surface area contributed by atoms with Crippen LogP contribution >= 0.6 is 0 Å². The number of para-hydroxylation sites is 1. The molecule has 0 aliphatic carbocycles. The fraction of sp³-hybridized carbons (Fsp3) is 0.500. The third kappa shape index (κ3) is 3.04. The molecule has 2 unspecified atom stereocenters. The number of aliphatic hydroxyl groups excluding tert-OH is 1. The zero-order valence-corrected chi connectivity index (χ0v) is 9.91. The van der Waals surface area contributed by atoms with Crippen LogP contribution in [0.25, 0.3) is 0 Å². The lowest BCUT2D eigenvalue weighted by molar-refractivity contribution is -0.386. The highest BCUT2D eigenvalue weighted by molar-refractivity contribution is 5.41. The van der Waals surface area contributed by atoms with E-state index in [0.29, 0.717) is 25.2 Å². The summed E-state index contributed by atoms with van der Waals surface area (Å²) >= 11 is 0. The van der Waals surface area contributed by atoms with Gasteiger partial charge in [-0.1, -0.05) is 12.1 Å². The topological polar surface area (TPSA) is 84.6 Å². The zero-order valence-electron chi connectivity index (χ0n) is 9.91. The van der Waals surface area contributed by atoms with Crippen LogP contribution in [0.4, 0.5) is 5.69 Å². The second-order valence-corrected chi connectivity index (χ2v) is 4.29. The molecule has 1 aliphatic heterocycles. The van der Waals surface area contributed by atoms with E-state index in [1.165, 1.54) is 6.07 Å². The second-order valence-electron chi connectivity index (χ2n) is 4.29. The van der Waals surface area contributed by atoms with Crippen LogP contribution in [0.15, 0.2) is 24.3 Å². The van der Waals surface area contributed by atoms with Crippen molar-refractivity contribution in [2.75, 3.05) is 19.8 Å². The van der Waals surface area contributed by atoms with Crippen molar-refractivity contribution < 1.29 is 14.8 Å². The highest BCUT2D eigenvalue weighted by atomic mass is 16.6. The van der Waals surface area contributed by atoms with Gasteiger partial charge >= 0.3 is 0 Å². The minimum absolute atomic E-state index is 0.0357. The Morgan fingerprint density at radius 2 is 2.33 bits per heavy atom. The lowest BCUT2D eigenvalue weighted by Crippen LogP contribution is -2.42. The third-order valence-electron chi connectivity index (χ3n) is 3.00. The number of morpholine rings is 1. The lowest BCUT2D eigenvalue weighted by Gasteiger charge is -2.25. The molecule has 2 N–H and O–H groups in total. The predicted molar refractivity (Wildman–Crippen MR) is 65.3 cm³/mol. The average Bonchev–Trinajstić information content (AvgIpc) is 2.40. The van der Waals surface area contributed by atoms with E-state index in [2.05, 4.69) is 5.32 Å². The van der Waals surface area contributed by atoms with Gasteiger partial charge in [-0.05, 0) is 12.5 Å². The van der Waals surface area contributed by atoms with Crippen LogP contribution < -0.4 is 5.32 Å². The molecule has 1 heterocycles. The first-order valence-electron chi connectivity index (χ1n) is 5.91. The summed E-state index contributed by atoms with van der Waals surface area (Å²) in [7, 11) is 0. The number of nitrogens with zero attached hydrogens (tertiary/aromatic N) is 1. The summed E-state index contributed by atoms with van der Waals surface area (Å²) in [5, 5.41) is 24.2. The quantitative estimate of drug-likeness (QED) is 0.617. The molecule has 1 aromatic rings. The summed E-state index contributed by atoms with van der Waals surface area (Å²) in [5.41, 5.74) is 0.316. The summed E-state index contributed by atoms with van der Waals surface area (Å²) in [6.07, 6.45) is -0.448. The molecule has 98 valence electrons. The fourth-order valence-corrected chi connectivity index (χ4v) is 2.10. The monoisotopic (exact) mass is 252 g/mol. The summed E-state index contributed by atoms with van der Waals surface area (Å²) in [6, 6.07) is 6.32. The molecule has 0 aromatic heterocycles. The number of hydrogen-bond acceptors (Lipinski definition) is 5. The van der Waals surface area contributed by atoms with Gasteiger partial charge in [0, 0.05) is 18.7 Å². The molecule has 1 saturated heterocycles. The van der Waals surface area contributed by atoms with Crippen molar-refractivity contribution in [3.63, 3.8) is 0 Å². The van der Waals surface area contributed by atoms with Gasteiger partial charge in [-0.3, -0.25) is 10.1 Å². The molecule has 1 aromatic carbocycles. The number of rotatable bonds is 4. The molecule has 0 bridgehead atoms. The summed E-state index contributed by atoms with van der Waals surface area (Å²) in [4.78, 5) is 10.4. The third-order valence-corrected chi connectivity index (χ3v) is 3.00. The van der Waals surface area contributed by atoms with Gasteiger partial charge in [-0.2, -0.15) is 0 Å². The largest absolute Gasteiger partial charge is 0.388 e. The van der Waals surface area contributed by atoms with Gasteiger partial charge in [0.15, 0.2) is 0 Å². The first-order chi connectivity index (χ1) is 8.68. The van der Waals surface area contributed by atoms with Gasteiger partial charge in [0.05, 0.1) is 29.8 Å². The normalized spacial score (nSPS) is 21.5. The Morgan fingerprint density at radius 1 is 1.56 bits per heavy atom. The maximum Gasteiger partial charge on any atom is 0.275 e. The van der Waals surface area contributed by atoms with E-state index in [1.807, 2.05) is 0 Å². The van der Waals surface area contributed by atoms with Crippen LogP contribution in [-0.2, 0) is 4.74 Å². The van der Waals surface area contributed by atoms with Crippen molar-refractivity contribution >= 4 is 5.69 Å². The SMILES string of the molecule is O=[N+]([O-])c1ccccc1C(O)CC1COCCN1. The van der Waals surface area contributed by atoms with Crippen molar-refractivity contribution in [2.45, 2.75) is 18.6 Å². The first kappa shape index (κ1) is 12.9. The highest BCUT2D eigenvalue weighted by Gasteiger charge is 2.23. The second kappa shape index (κ2) is 5.90. The van der Waals surface area contributed by atoms with E-state index in [9.17, 15) is 15.2 Å². The van der Waals surface area contributed by atoms with Crippen LogP contribution in [0, 0.1) is 10.1 Å². The van der Waals surface area contributed by atoms with Crippen LogP contribution in [0.2, 0.25) is 0 Å². The van der Waals surface area contributed by atoms with Crippen molar-refractivity contribution in [3.05, 3.63) is 39.9 Å². The van der Waals surface area contributed by atoms with Crippen LogP contribution in [0.1, 0.15) is 18.1 Å². The molecule has 0 amide bonds. The Kier molecular flexibility index (Phi) is 4.24. The first-order valence-corrected chi connectivity index (χ1v) is 5.91. The molecule has 2 rings (SSSR count). The smallest absolute Gasteiger partial charge is 0.275 e. The maximum atomic E-state index is 10.9. The van der Waals surface area contributed by atoms with E-state index in [1.54, 1.807) is 18.2 Å². The number of hydrogen-bond donors (Lipinski definition) is 2.